The summed E-state index contributed by atoms with van der Waals surface area (Å²) < 4.78 is 15.8. The van der Waals surface area contributed by atoms with Gasteiger partial charge in [-0.05, 0) is 25.1 Å². The molecule has 1 aromatic carbocycles. The summed E-state index contributed by atoms with van der Waals surface area (Å²) in [6, 6.07) is 8.67. The predicted octanol–water partition coefficient (Wildman–Crippen LogP) is 2.87. The van der Waals surface area contributed by atoms with Gasteiger partial charge in [0.2, 0.25) is 5.76 Å². The van der Waals surface area contributed by atoms with E-state index in [1.54, 1.807) is 26.2 Å². The number of furan rings is 1. The number of hydrogen-bond acceptors (Lipinski definition) is 4. The van der Waals surface area contributed by atoms with Crippen molar-refractivity contribution in [1.82, 2.24) is 0 Å². The van der Waals surface area contributed by atoms with Crippen LogP contribution in [0.4, 0.5) is 0 Å². The predicted molar refractivity (Wildman–Crippen MR) is 67.7 cm³/mol. The number of carbonyl (C=O) groups is 1. The van der Waals surface area contributed by atoms with Crippen molar-refractivity contribution in [3.05, 3.63) is 47.4 Å². The van der Waals surface area contributed by atoms with E-state index in [9.17, 15) is 4.79 Å². The average molecular weight is 262 g/mol. The first-order valence-corrected chi connectivity index (χ1v) is 5.69. The van der Waals surface area contributed by atoms with Crippen molar-refractivity contribution in [2.45, 2.75) is 13.5 Å². The van der Waals surface area contributed by atoms with Gasteiger partial charge < -0.3 is 19.0 Å². The maximum absolute atomic E-state index is 10.8. The molecule has 5 nitrogen and oxygen atoms in total. The number of rotatable bonds is 5. The minimum Gasteiger partial charge on any atom is -0.497 e. The zero-order chi connectivity index (χ0) is 13.8. The monoisotopic (exact) mass is 262 g/mol. The van der Waals surface area contributed by atoms with Crippen molar-refractivity contribution in [3.63, 3.8) is 0 Å². The average Bonchev–Trinajstić information content (AvgIpc) is 2.78. The van der Waals surface area contributed by atoms with E-state index in [2.05, 4.69) is 0 Å². The molecule has 0 saturated heterocycles. The lowest BCUT2D eigenvalue weighted by Gasteiger charge is -2.06. The summed E-state index contributed by atoms with van der Waals surface area (Å²) in [5.74, 6) is 0.724. The topological polar surface area (TPSA) is 68.9 Å². The van der Waals surface area contributed by atoms with Crippen molar-refractivity contribution in [2.75, 3.05) is 7.11 Å². The second kappa shape index (κ2) is 5.48. The Kier molecular flexibility index (Phi) is 3.75. The SMILES string of the molecule is COc1cccc(OCc2cc(C(=O)O)oc2C)c1. The smallest absolute Gasteiger partial charge is 0.371 e. The van der Waals surface area contributed by atoms with E-state index >= 15 is 0 Å². The van der Waals surface area contributed by atoms with Gasteiger partial charge in [0.15, 0.2) is 0 Å². The molecule has 0 fully saturated rings. The zero-order valence-electron chi connectivity index (χ0n) is 10.7. The zero-order valence-corrected chi connectivity index (χ0v) is 10.7. The standard InChI is InChI=1S/C14H14O5/c1-9-10(6-13(19-9)14(15)16)8-18-12-5-3-4-11(7-12)17-2/h3-7H,8H2,1-2H3,(H,15,16). The van der Waals surface area contributed by atoms with E-state index in [-0.39, 0.29) is 12.4 Å². The molecule has 1 heterocycles. The number of ether oxygens (including phenoxy) is 2. The van der Waals surface area contributed by atoms with Crippen LogP contribution in [0.5, 0.6) is 11.5 Å². The van der Waals surface area contributed by atoms with E-state index < -0.39 is 5.97 Å². The fourth-order valence-electron chi connectivity index (χ4n) is 1.62. The summed E-state index contributed by atoms with van der Waals surface area (Å²) in [6.45, 7) is 1.95. The highest BCUT2D eigenvalue weighted by Crippen LogP contribution is 2.21. The van der Waals surface area contributed by atoms with Crippen molar-refractivity contribution < 1.29 is 23.8 Å². The lowest BCUT2D eigenvalue weighted by molar-refractivity contribution is 0.0661. The number of methoxy groups -OCH3 is 1. The van der Waals surface area contributed by atoms with Crippen LogP contribution in [-0.4, -0.2) is 18.2 Å². The van der Waals surface area contributed by atoms with Gasteiger partial charge in [-0.2, -0.15) is 0 Å². The van der Waals surface area contributed by atoms with Crippen LogP contribution in [0.1, 0.15) is 21.9 Å². The Morgan fingerprint density at radius 3 is 2.68 bits per heavy atom. The summed E-state index contributed by atoms with van der Waals surface area (Å²) in [5.41, 5.74) is 0.709. The molecule has 0 atom stereocenters. The van der Waals surface area contributed by atoms with Gasteiger partial charge in [0, 0.05) is 11.6 Å². The van der Waals surface area contributed by atoms with Crippen LogP contribution in [0, 0.1) is 6.92 Å². The van der Waals surface area contributed by atoms with Gasteiger partial charge in [-0.25, -0.2) is 4.79 Å². The van der Waals surface area contributed by atoms with Crippen molar-refractivity contribution in [2.24, 2.45) is 0 Å². The van der Waals surface area contributed by atoms with E-state index in [0.29, 0.717) is 22.8 Å². The highest BCUT2D eigenvalue weighted by Gasteiger charge is 2.13. The Balaban J connectivity index is 2.07. The van der Waals surface area contributed by atoms with Crippen LogP contribution in [-0.2, 0) is 6.61 Å². The fraction of sp³-hybridized carbons (Fsp3) is 0.214. The summed E-state index contributed by atoms with van der Waals surface area (Å²) in [7, 11) is 1.58. The lowest BCUT2D eigenvalue weighted by Crippen LogP contribution is -1.96. The number of carboxylic acid groups (broad SMARTS) is 1. The third kappa shape index (κ3) is 3.07. The first-order valence-electron chi connectivity index (χ1n) is 5.69. The Morgan fingerprint density at radius 1 is 1.32 bits per heavy atom. The molecule has 0 unspecified atom stereocenters. The molecular weight excluding hydrogens is 248 g/mol. The van der Waals surface area contributed by atoms with Crippen LogP contribution < -0.4 is 9.47 Å². The molecule has 0 amide bonds. The second-order valence-electron chi connectivity index (χ2n) is 3.96. The molecule has 0 bridgehead atoms. The van der Waals surface area contributed by atoms with E-state index in [1.807, 2.05) is 12.1 Å². The van der Waals surface area contributed by atoms with E-state index in [1.165, 1.54) is 6.07 Å². The Morgan fingerprint density at radius 2 is 2.05 bits per heavy atom. The van der Waals surface area contributed by atoms with Gasteiger partial charge in [-0.3, -0.25) is 0 Å². The summed E-state index contributed by atoms with van der Waals surface area (Å²) in [5, 5.41) is 8.83. The number of carboxylic acids is 1. The molecule has 0 radical (unpaired) electrons. The minimum atomic E-state index is -1.09. The molecule has 2 aromatic rings. The van der Waals surface area contributed by atoms with Crippen LogP contribution in [0.2, 0.25) is 0 Å². The fourth-order valence-corrected chi connectivity index (χ4v) is 1.62. The van der Waals surface area contributed by atoms with Crippen LogP contribution >= 0.6 is 0 Å². The molecule has 0 spiro atoms. The third-order valence-corrected chi connectivity index (χ3v) is 2.67. The van der Waals surface area contributed by atoms with Gasteiger partial charge >= 0.3 is 5.97 Å². The van der Waals surface area contributed by atoms with Crippen LogP contribution in [0.25, 0.3) is 0 Å². The number of aromatic carboxylic acids is 1. The van der Waals surface area contributed by atoms with Crippen molar-refractivity contribution in [3.8, 4) is 11.5 Å². The first-order chi connectivity index (χ1) is 9.10. The normalized spacial score (nSPS) is 10.2. The second-order valence-corrected chi connectivity index (χ2v) is 3.96. The van der Waals surface area contributed by atoms with Crippen LogP contribution in [0.15, 0.2) is 34.7 Å². The molecule has 0 aliphatic rings. The molecule has 5 heteroatoms. The summed E-state index contributed by atoms with van der Waals surface area (Å²) in [6.07, 6.45) is 0. The van der Waals surface area contributed by atoms with Crippen LogP contribution in [0.3, 0.4) is 0 Å². The number of aryl methyl sites for hydroxylation is 1. The van der Waals surface area contributed by atoms with Crippen molar-refractivity contribution in [1.29, 1.82) is 0 Å². The largest absolute Gasteiger partial charge is 0.497 e. The van der Waals surface area contributed by atoms with E-state index in [4.69, 9.17) is 19.0 Å². The molecule has 2 rings (SSSR count). The maximum atomic E-state index is 10.8. The molecular formula is C14H14O5. The third-order valence-electron chi connectivity index (χ3n) is 2.67. The highest BCUT2D eigenvalue weighted by molar-refractivity contribution is 5.84. The minimum absolute atomic E-state index is 0.0817. The molecule has 0 saturated carbocycles. The first kappa shape index (κ1) is 13.0. The Bertz CT molecular complexity index is 585. The van der Waals surface area contributed by atoms with Gasteiger partial charge in [0.25, 0.3) is 0 Å². The quantitative estimate of drug-likeness (QED) is 0.897. The van der Waals surface area contributed by atoms with Gasteiger partial charge in [-0.15, -0.1) is 0 Å². The van der Waals surface area contributed by atoms with Gasteiger partial charge in [-0.1, -0.05) is 6.07 Å². The lowest BCUT2D eigenvalue weighted by atomic mass is 10.2. The van der Waals surface area contributed by atoms with E-state index in [0.717, 1.165) is 0 Å². The number of hydrogen-bond donors (Lipinski definition) is 1. The molecule has 0 aliphatic carbocycles. The molecule has 0 aliphatic heterocycles. The molecule has 19 heavy (non-hydrogen) atoms. The molecule has 1 N–H and O–H groups in total. The molecule has 100 valence electrons. The Hall–Kier alpha value is -2.43. The maximum Gasteiger partial charge on any atom is 0.371 e. The number of benzene rings is 1. The highest BCUT2D eigenvalue weighted by atomic mass is 16.5. The van der Waals surface area contributed by atoms with Gasteiger partial charge in [0.1, 0.15) is 23.9 Å². The van der Waals surface area contributed by atoms with Gasteiger partial charge in [0.05, 0.1) is 7.11 Å². The van der Waals surface area contributed by atoms with Crippen molar-refractivity contribution >= 4 is 5.97 Å². The summed E-state index contributed by atoms with van der Waals surface area (Å²) in [4.78, 5) is 10.8. The Labute approximate surface area is 110 Å². The summed E-state index contributed by atoms with van der Waals surface area (Å²) >= 11 is 0. The molecule has 1 aromatic heterocycles.